The van der Waals surface area contributed by atoms with Crippen LogP contribution in [-0.2, 0) is 16.6 Å². The molecule has 328 valence electrons. The summed E-state index contributed by atoms with van der Waals surface area (Å²) in [6.45, 7) is 8.12. The van der Waals surface area contributed by atoms with Gasteiger partial charge in [-0.1, -0.05) is 31.0 Å². The van der Waals surface area contributed by atoms with Crippen LogP contribution in [0.2, 0.25) is 0 Å². The first kappa shape index (κ1) is 42.3. The molecule has 0 bridgehead atoms. The van der Waals surface area contributed by atoms with E-state index < -0.39 is 0 Å². The number of hydrogen-bond donors (Lipinski definition) is 2. The third kappa shape index (κ3) is 8.94. The van der Waals surface area contributed by atoms with E-state index in [9.17, 15) is 19.2 Å². The maximum atomic E-state index is 13.5. The fourth-order valence-electron chi connectivity index (χ4n) is 10.7. The highest BCUT2D eigenvalue weighted by Gasteiger charge is 2.31. The second kappa shape index (κ2) is 18.8. The van der Waals surface area contributed by atoms with Crippen LogP contribution in [-0.4, -0.2) is 96.5 Å². The third-order valence-corrected chi connectivity index (χ3v) is 15.2. The highest BCUT2D eigenvalue weighted by atomic mass is 32.2. The van der Waals surface area contributed by atoms with E-state index in [-0.39, 0.29) is 41.7 Å². The Balaban J connectivity index is 0.750. The van der Waals surface area contributed by atoms with Crippen molar-refractivity contribution in [2.45, 2.75) is 119 Å². The number of amides is 2. The van der Waals surface area contributed by atoms with Gasteiger partial charge in [0.15, 0.2) is 0 Å². The summed E-state index contributed by atoms with van der Waals surface area (Å²) in [5, 5.41) is 6.71. The van der Waals surface area contributed by atoms with Crippen LogP contribution in [0.25, 0.3) is 22.1 Å². The van der Waals surface area contributed by atoms with Gasteiger partial charge in [-0.15, -0.1) is 0 Å². The maximum Gasteiger partial charge on any atom is 0.329 e. The normalized spacial score (nSPS) is 19.7. The lowest BCUT2D eigenvalue weighted by Crippen LogP contribution is -2.47. The largest absolute Gasteiger partial charge is 0.371 e. The van der Waals surface area contributed by atoms with Gasteiger partial charge in [-0.2, -0.15) is 4.98 Å². The fraction of sp³-hybridized carbons (Fsp3) is 0.532. The summed E-state index contributed by atoms with van der Waals surface area (Å²) in [7, 11) is 1.86. The molecule has 14 nitrogen and oxygen atoms in total. The molecule has 1 aliphatic carbocycles. The van der Waals surface area contributed by atoms with Gasteiger partial charge in [-0.3, -0.25) is 33.4 Å². The second-order valence-electron chi connectivity index (χ2n) is 17.9. The number of fused-ring (bicyclic) bond motifs is 2. The topological polar surface area (TPSA) is 143 Å². The molecule has 3 saturated heterocycles. The van der Waals surface area contributed by atoms with Crippen molar-refractivity contribution in [3.05, 3.63) is 87.2 Å². The van der Waals surface area contributed by atoms with Gasteiger partial charge in [0.2, 0.25) is 18.3 Å². The molecule has 0 radical (unpaired) electrons. The van der Waals surface area contributed by atoms with Crippen molar-refractivity contribution in [3.63, 3.8) is 0 Å². The number of imide groups is 1. The first-order valence-electron chi connectivity index (χ1n) is 22.8. The molecule has 0 spiro atoms. The van der Waals surface area contributed by atoms with E-state index in [1.807, 2.05) is 53.4 Å². The molecular weight excluding hydrogens is 801 g/mol. The van der Waals surface area contributed by atoms with E-state index in [1.54, 1.807) is 10.6 Å². The maximum absolute atomic E-state index is 13.5. The Bertz CT molecular complexity index is 2510. The summed E-state index contributed by atoms with van der Waals surface area (Å²) in [5.41, 5.74) is 5.16. The summed E-state index contributed by atoms with van der Waals surface area (Å²) in [6.07, 6.45) is 13.7. The average molecular weight is 861 g/mol. The van der Waals surface area contributed by atoms with Crippen LogP contribution in [0.3, 0.4) is 0 Å². The third-order valence-electron chi connectivity index (χ3n) is 14.1. The predicted octanol–water partition coefficient (Wildman–Crippen LogP) is 6.61. The predicted molar refractivity (Wildman–Crippen MR) is 246 cm³/mol. The molecule has 3 aromatic heterocycles. The van der Waals surface area contributed by atoms with E-state index in [0.29, 0.717) is 30.7 Å². The van der Waals surface area contributed by atoms with E-state index in [1.165, 1.54) is 16.1 Å². The number of imidazole rings is 1. The molecule has 1 unspecified atom stereocenters. The van der Waals surface area contributed by atoms with Crippen LogP contribution in [0, 0.1) is 0 Å². The van der Waals surface area contributed by atoms with Gasteiger partial charge >= 0.3 is 5.69 Å². The number of aryl methyl sites for hydroxylation is 1. The summed E-state index contributed by atoms with van der Waals surface area (Å²) in [6, 6.07) is 19.7. The zero-order chi connectivity index (χ0) is 42.7. The van der Waals surface area contributed by atoms with Gasteiger partial charge in [0.1, 0.15) is 5.65 Å². The lowest BCUT2D eigenvalue weighted by Gasteiger charge is -2.42. The molecule has 6 heterocycles. The Morgan fingerprint density at radius 1 is 0.887 bits per heavy atom. The van der Waals surface area contributed by atoms with Crippen LogP contribution in [0.4, 0.5) is 11.6 Å². The van der Waals surface area contributed by atoms with Gasteiger partial charge in [0.05, 0.1) is 11.0 Å². The van der Waals surface area contributed by atoms with E-state index in [0.717, 1.165) is 126 Å². The van der Waals surface area contributed by atoms with Crippen molar-refractivity contribution < 1.29 is 9.59 Å². The number of benzene rings is 2. The molecule has 1 atom stereocenters. The number of nitrogens with zero attached hydrogens (tertiary/aromatic N) is 8. The van der Waals surface area contributed by atoms with Crippen LogP contribution in [0.5, 0.6) is 0 Å². The van der Waals surface area contributed by atoms with Crippen molar-refractivity contribution >= 4 is 58.0 Å². The number of nitrogens with one attached hydrogen (secondary N) is 2. The second-order valence-corrected chi connectivity index (χ2v) is 19.1. The quantitative estimate of drug-likeness (QED) is 0.0977. The summed E-state index contributed by atoms with van der Waals surface area (Å²) < 4.78 is 7.97. The molecule has 3 aliphatic heterocycles. The van der Waals surface area contributed by atoms with Crippen molar-refractivity contribution in [2.75, 3.05) is 49.5 Å². The Kier molecular flexibility index (Phi) is 12.8. The van der Waals surface area contributed by atoms with Gasteiger partial charge in [-0.05, 0) is 132 Å². The number of carbonyl (C=O) groups is 2. The van der Waals surface area contributed by atoms with E-state index in [2.05, 4.69) is 66.1 Å². The monoisotopic (exact) mass is 860 g/mol. The molecular formula is C47H60N10O4S. The molecule has 62 heavy (non-hydrogen) atoms. The molecule has 4 fully saturated rings. The number of hydrogen-bond acceptors (Lipinski definition) is 11. The molecule has 5 aromatic rings. The fourth-order valence-corrected chi connectivity index (χ4v) is 11.7. The molecule has 9 rings (SSSR count). The van der Waals surface area contributed by atoms with E-state index >= 15 is 0 Å². The lowest BCUT2D eigenvalue weighted by molar-refractivity contribution is -0.125. The highest BCUT2D eigenvalue weighted by molar-refractivity contribution is 7.97. The van der Waals surface area contributed by atoms with E-state index in [4.69, 9.17) is 4.98 Å². The number of pyridine rings is 1. The first-order chi connectivity index (χ1) is 30.2. The number of anilines is 2. The van der Waals surface area contributed by atoms with Crippen molar-refractivity contribution in [3.8, 4) is 0 Å². The molecule has 1 saturated carbocycles. The zero-order valence-corrected chi connectivity index (χ0v) is 36.9. The van der Waals surface area contributed by atoms with Gasteiger partial charge < -0.3 is 15.1 Å². The van der Waals surface area contributed by atoms with Crippen molar-refractivity contribution in [1.29, 1.82) is 0 Å². The number of carbonyl (C=O) groups excluding carboxylic acids is 2. The zero-order valence-electron chi connectivity index (χ0n) is 36.1. The number of piperidine rings is 3. The minimum Gasteiger partial charge on any atom is -0.371 e. The average Bonchev–Trinajstić information content (AvgIpc) is 3.92. The van der Waals surface area contributed by atoms with Crippen LogP contribution in [0.15, 0.2) is 75.3 Å². The molecule has 2 N–H and O–H groups in total. The smallest absolute Gasteiger partial charge is 0.329 e. The Labute approximate surface area is 367 Å². The Hall–Kier alpha value is -4.99. The number of likely N-dealkylation sites (tertiary alicyclic amines) is 1. The lowest BCUT2D eigenvalue weighted by atomic mass is 9.87. The first-order valence-corrected chi connectivity index (χ1v) is 23.6. The van der Waals surface area contributed by atoms with Gasteiger partial charge in [-0.25, -0.2) is 14.1 Å². The Morgan fingerprint density at radius 3 is 2.40 bits per heavy atom. The minimum atomic E-state index is -0.330. The van der Waals surface area contributed by atoms with Crippen LogP contribution >= 0.6 is 11.9 Å². The number of para-hydroxylation sites is 1. The molecule has 15 heteroatoms. The molecule has 4 aliphatic rings. The standard InChI is InChI=1S/C47H60N10O4S/c1-32(13-15-42(59)49-31-58)56-41-12-6-11-40(44(41)52(2)47(56)61)33-17-23-53(24-18-33)36-21-25-54(26-22-36)38-9-5-10-39(29-38)62-55-27-19-35(20-28-55)50-46-48-30-34-14-16-43(60)57(45(34)51-46)37-7-3-4-8-37/h5-6,9-12,14,16,29-33,35-37H,3-4,7-8,13,15,17-28H2,1-2H3,(H,48,50,51)(H,49,58,59). The highest BCUT2D eigenvalue weighted by Crippen LogP contribution is 2.37. The summed E-state index contributed by atoms with van der Waals surface area (Å²) in [4.78, 5) is 65.0. The van der Waals surface area contributed by atoms with Crippen molar-refractivity contribution in [2.24, 2.45) is 7.05 Å². The van der Waals surface area contributed by atoms with Gasteiger partial charge in [0.25, 0.3) is 5.56 Å². The SMILES string of the molecule is CC(CCC(=O)NC=O)n1c(=O)n(C)c2c(C3CCN(C4CCN(c5cccc(SN6CCC(Nc7ncc8ccc(=O)n(C9CCCC9)c8n7)CC6)c5)CC4)CC3)cccc21. The number of rotatable bonds is 13. The molecule has 2 amide bonds. The minimum absolute atomic E-state index is 0.0300. The number of aromatic nitrogens is 5. The molecule has 2 aromatic carbocycles. The van der Waals surface area contributed by atoms with Gasteiger partial charge in [0, 0.05) is 92.0 Å². The Morgan fingerprint density at radius 2 is 1.65 bits per heavy atom. The van der Waals surface area contributed by atoms with Crippen LogP contribution < -0.4 is 26.8 Å². The van der Waals surface area contributed by atoms with Crippen molar-refractivity contribution in [1.82, 2.24) is 38.2 Å². The summed E-state index contributed by atoms with van der Waals surface area (Å²) >= 11 is 1.86. The summed E-state index contributed by atoms with van der Waals surface area (Å²) in [5.74, 6) is 0.666. The van der Waals surface area contributed by atoms with Crippen LogP contribution in [0.1, 0.15) is 108 Å².